The van der Waals surface area contributed by atoms with Gasteiger partial charge in [0.2, 0.25) is 0 Å². The zero-order chi connectivity index (χ0) is 12.6. The molecule has 2 rings (SSSR count). The van der Waals surface area contributed by atoms with Crippen LogP contribution in [0.3, 0.4) is 0 Å². The van der Waals surface area contributed by atoms with Gasteiger partial charge in [0, 0.05) is 5.57 Å². The molecule has 0 bridgehead atoms. The molecular weight excluding hydrogens is 263 g/mol. The molecule has 0 heterocycles. The van der Waals surface area contributed by atoms with Crippen molar-refractivity contribution in [2.24, 2.45) is 0 Å². The molecule has 0 amide bonds. The lowest BCUT2D eigenvalue weighted by Gasteiger charge is -2.10. The van der Waals surface area contributed by atoms with E-state index in [2.05, 4.69) is 0 Å². The molecule has 1 aliphatic carbocycles. The molecule has 17 heavy (non-hydrogen) atoms. The van der Waals surface area contributed by atoms with Crippen molar-refractivity contribution < 1.29 is 15.0 Å². The molecule has 0 aliphatic heterocycles. The van der Waals surface area contributed by atoms with Gasteiger partial charge in [0.25, 0.3) is 0 Å². The number of hydrogen-bond acceptors (Lipinski definition) is 2. The van der Waals surface area contributed by atoms with Crippen LogP contribution >= 0.6 is 23.2 Å². The first kappa shape index (κ1) is 12.4. The maximum Gasteiger partial charge on any atom is 0.331 e. The van der Waals surface area contributed by atoms with Crippen LogP contribution in [0.1, 0.15) is 18.4 Å². The van der Waals surface area contributed by atoms with Crippen LogP contribution in [-0.4, -0.2) is 22.3 Å². The second-order valence-electron chi connectivity index (χ2n) is 3.88. The van der Waals surface area contributed by atoms with Crippen molar-refractivity contribution >= 4 is 34.7 Å². The van der Waals surface area contributed by atoms with E-state index in [0.717, 1.165) is 0 Å². The predicted molar refractivity (Wildman–Crippen MR) is 66.3 cm³/mol. The highest BCUT2D eigenvalue weighted by Crippen LogP contribution is 2.36. The molecule has 0 spiro atoms. The lowest BCUT2D eigenvalue weighted by Crippen LogP contribution is -2.06. The van der Waals surface area contributed by atoms with Gasteiger partial charge in [-0.05, 0) is 36.1 Å². The molecule has 1 aromatic carbocycles. The fourth-order valence-corrected chi connectivity index (χ4v) is 2.31. The minimum atomic E-state index is -0.998. The van der Waals surface area contributed by atoms with Crippen molar-refractivity contribution in [2.75, 3.05) is 0 Å². The van der Waals surface area contributed by atoms with E-state index < -0.39 is 12.1 Å². The van der Waals surface area contributed by atoms with Crippen LogP contribution in [0.4, 0.5) is 0 Å². The predicted octanol–water partition coefficient (Wildman–Crippen LogP) is 2.99. The lowest BCUT2D eigenvalue weighted by atomic mass is 10.0. The highest BCUT2D eigenvalue weighted by molar-refractivity contribution is 6.42. The Kier molecular flexibility index (Phi) is 3.43. The van der Waals surface area contributed by atoms with Crippen LogP contribution < -0.4 is 0 Å². The minimum Gasteiger partial charge on any atom is -0.478 e. The SMILES string of the molecule is O=C(O)C1=C(c2ccc(Cl)c(Cl)c2)C(O)CC1. The quantitative estimate of drug-likeness (QED) is 0.870. The number of hydrogen-bond donors (Lipinski definition) is 2. The highest BCUT2D eigenvalue weighted by Gasteiger charge is 2.28. The Morgan fingerprint density at radius 3 is 2.59 bits per heavy atom. The molecule has 0 saturated heterocycles. The van der Waals surface area contributed by atoms with Gasteiger partial charge in [-0.15, -0.1) is 0 Å². The summed E-state index contributed by atoms with van der Waals surface area (Å²) in [4.78, 5) is 11.1. The van der Waals surface area contributed by atoms with Crippen molar-refractivity contribution in [3.63, 3.8) is 0 Å². The van der Waals surface area contributed by atoms with E-state index in [1.54, 1.807) is 18.2 Å². The topological polar surface area (TPSA) is 57.5 Å². The van der Waals surface area contributed by atoms with Gasteiger partial charge in [-0.3, -0.25) is 0 Å². The number of benzene rings is 1. The van der Waals surface area contributed by atoms with Crippen molar-refractivity contribution in [3.8, 4) is 0 Å². The smallest absolute Gasteiger partial charge is 0.331 e. The van der Waals surface area contributed by atoms with E-state index in [9.17, 15) is 9.90 Å². The van der Waals surface area contributed by atoms with Gasteiger partial charge >= 0.3 is 5.97 Å². The van der Waals surface area contributed by atoms with Crippen LogP contribution in [0.5, 0.6) is 0 Å². The van der Waals surface area contributed by atoms with E-state index in [1.807, 2.05) is 0 Å². The summed E-state index contributed by atoms with van der Waals surface area (Å²) in [6, 6.07) is 4.84. The summed E-state index contributed by atoms with van der Waals surface area (Å²) in [5.41, 5.74) is 1.30. The van der Waals surface area contributed by atoms with Crippen molar-refractivity contribution in [3.05, 3.63) is 39.4 Å². The highest BCUT2D eigenvalue weighted by atomic mass is 35.5. The van der Waals surface area contributed by atoms with Crippen LogP contribution in [0.25, 0.3) is 5.57 Å². The van der Waals surface area contributed by atoms with Crippen LogP contribution in [-0.2, 0) is 4.79 Å². The molecule has 1 aliphatic rings. The monoisotopic (exact) mass is 272 g/mol. The van der Waals surface area contributed by atoms with Crippen molar-refractivity contribution in [1.82, 2.24) is 0 Å². The fraction of sp³-hybridized carbons (Fsp3) is 0.250. The average Bonchev–Trinajstić information content (AvgIpc) is 2.64. The molecule has 0 fully saturated rings. The number of aliphatic hydroxyl groups is 1. The Bertz CT molecular complexity index is 508. The van der Waals surface area contributed by atoms with Crippen LogP contribution in [0.15, 0.2) is 23.8 Å². The van der Waals surface area contributed by atoms with Gasteiger partial charge in [-0.2, -0.15) is 0 Å². The third-order valence-corrected chi connectivity index (χ3v) is 3.55. The Morgan fingerprint density at radius 2 is 2.00 bits per heavy atom. The normalized spacial score (nSPS) is 19.8. The first-order valence-corrected chi connectivity index (χ1v) is 5.86. The second kappa shape index (κ2) is 4.69. The summed E-state index contributed by atoms with van der Waals surface area (Å²) in [6.07, 6.45) is 0.0434. The van der Waals surface area contributed by atoms with Gasteiger partial charge < -0.3 is 10.2 Å². The first-order chi connectivity index (χ1) is 8.00. The van der Waals surface area contributed by atoms with E-state index in [-0.39, 0.29) is 5.57 Å². The largest absolute Gasteiger partial charge is 0.478 e. The molecule has 1 aromatic rings. The number of rotatable bonds is 2. The number of carboxylic acids is 1. The molecule has 0 radical (unpaired) electrons. The van der Waals surface area contributed by atoms with Gasteiger partial charge in [0.1, 0.15) is 0 Å². The average molecular weight is 273 g/mol. The van der Waals surface area contributed by atoms with Crippen molar-refractivity contribution in [1.29, 1.82) is 0 Å². The maximum absolute atomic E-state index is 11.1. The van der Waals surface area contributed by atoms with Crippen LogP contribution in [0, 0.1) is 0 Å². The molecule has 0 saturated carbocycles. The van der Waals surface area contributed by atoms with E-state index in [0.29, 0.717) is 34.0 Å². The van der Waals surface area contributed by atoms with Crippen molar-refractivity contribution in [2.45, 2.75) is 18.9 Å². The molecule has 2 N–H and O–H groups in total. The van der Waals surface area contributed by atoms with Gasteiger partial charge in [0.15, 0.2) is 0 Å². The second-order valence-corrected chi connectivity index (χ2v) is 4.70. The number of aliphatic hydroxyl groups excluding tert-OH is 1. The molecule has 5 heteroatoms. The molecule has 3 nitrogen and oxygen atoms in total. The fourth-order valence-electron chi connectivity index (χ4n) is 2.01. The number of aliphatic carboxylic acids is 1. The number of carbonyl (C=O) groups is 1. The summed E-state index contributed by atoms with van der Waals surface area (Å²) in [5.74, 6) is -0.998. The van der Waals surface area contributed by atoms with Gasteiger partial charge in [0.05, 0.1) is 16.1 Å². The Morgan fingerprint density at radius 1 is 1.29 bits per heavy atom. The lowest BCUT2D eigenvalue weighted by molar-refractivity contribution is -0.132. The molecule has 1 atom stereocenters. The number of carboxylic acid groups (broad SMARTS) is 1. The van der Waals surface area contributed by atoms with E-state index in [1.165, 1.54) is 0 Å². The Labute approximate surface area is 108 Å². The summed E-state index contributed by atoms with van der Waals surface area (Å²) in [5, 5.41) is 19.6. The summed E-state index contributed by atoms with van der Waals surface area (Å²) < 4.78 is 0. The number of halogens is 2. The summed E-state index contributed by atoms with van der Waals surface area (Å²) in [7, 11) is 0. The summed E-state index contributed by atoms with van der Waals surface area (Å²) >= 11 is 11.7. The summed E-state index contributed by atoms with van der Waals surface area (Å²) in [6.45, 7) is 0. The zero-order valence-corrected chi connectivity index (χ0v) is 10.3. The zero-order valence-electron chi connectivity index (χ0n) is 8.78. The minimum absolute atomic E-state index is 0.246. The molecule has 0 aromatic heterocycles. The van der Waals surface area contributed by atoms with Crippen LogP contribution in [0.2, 0.25) is 10.0 Å². The molecule has 1 unspecified atom stereocenters. The van der Waals surface area contributed by atoms with E-state index in [4.69, 9.17) is 28.3 Å². The molecule has 90 valence electrons. The van der Waals surface area contributed by atoms with E-state index >= 15 is 0 Å². The Hall–Kier alpha value is -1.03. The van der Waals surface area contributed by atoms with Gasteiger partial charge in [-0.25, -0.2) is 4.79 Å². The third kappa shape index (κ3) is 2.32. The molecular formula is C12H10Cl2O3. The first-order valence-electron chi connectivity index (χ1n) is 5.10. The third-order valence-electron chi connectivity index (χ3n) is 2.81. The van der Waals surface area contributed by atoms with Gasteiger partial charge in [-0.1, -0.05) is 29.3 Å². The maximum atomic E-state index is 11.1. The standard InChI is InChI=1S/C12H10Cl2O3/c13-8-3-1-6(5-9(8)14)11-7(12(16)17)2-4-10(11)15/h1,3,5,10,15H,2,4H2,(H,16,17). The Balaban J connectivity index is 2.53.